The molecule has 0 aliphatic carbocycles. The number of hydrogen-bond acceptors (Lipinski definition) is 5. The number of carbonyl (C=O) groups excluding carboxylic acids is 2. The average molecular weight is 378 g/mol. The molecule has 26 heavy (non-hydrogen) atoms. The number of nitrogens with one attached hydrogen (secondary N) is 1. The number of halogens is 1. The van der Waals surface area contributed by atoms with E-state index in [0.29, 0.717) is 16.3 Å². The number of benzene rings is 1. The van der Waals surface area contributed by atoms with Crippen molar-refractivity contribution in [3.05, 3.63) is 51.8 Å². The lowest BCUT2D eigenvalue weighted by atomic mass is 10.0. The van der Waals surface area contributed by atoms with Crippen molar-refractivity contribution in [2.24, 2.45) is 5.92 Å². The average Bonchev–Trinajstić information content (AvgIpc) is 2.61. The van der Waals surface area contributed by atoms with Gasteiger partial charge in [0.25, 0.3) is 5.56 Å². The number of carbonyl (C=O) groups is 2. The predicted molar refractivity (Wildman–Crippen MR) is 97.7 cm³/mol. The van der Waals surface area contributed by atoms with Crippen LogP contribution in [0.15, 0.2) is 41.2 Å². The van der Waals surface area contributed by atoms with E-state index < -0.39 is 23.5 Å². The first-order valence-corrected chi connectivity index (χ1v) is 8.41. The summed E-state index contributed by atoms with van der Waals surface area (Å²) in [7, 11) is 1.25. The van der Waals surface area contributed by atoms with Gasteiger partial charge in [-0.3, -0.25) is 9.59 Å². The molecule has 7 nitrogen and oxygen atoms in total. The first kappa shape index (κ1) is 19.7. The van der Waals surface area contributed by atoms with Gasteiger partial charge < -0.3 is 10.1 Å². The molecule has 0 aliphatic rings. The lowest BCUT2D eigenvalue weighted by Crippen LogP contribution is -2.47. The molecule has 0 fully saturated rings. The number of aromatic nitrogens is 2. The zero-order chi connectivity index (χ0) is 19.3. The van der Waals surface area contributed by atoms with Crippen LogP contribution in [-0.4, -0.2) is 34.8 Å². The zero-order valence-corrected chi connectivity index (χ0v) is 15.5. The number of esters is 1. The molecule has 1 heterocycles. The van der Waals surface area contributed by atoms with Crippen LogP contribution in [0.4, 0.5) is 0 Å². The Morgan fingerprint density at radius 1 is 1.23 bits per heavy atom. The fourth-order valence-electron chi connectivity index (χ4n) is 2.35. The number of nitrogens with zero attached hydrogens (tertiary/aromatic N) is 2. The molecule has 0 radical (unpaired) electrons. The highest BCUT2D eigenvalue weighted by molar-refractivity contribution is 6.33. The predicted octanol–water partition coefficient (Wildman–Crippen LogP) is 1.88. The molecule has 0 unspecified atom stereocenters. The molecule has 1 aromatic carbocycles. The molecule has 2 aromatic rings. The Labute approximate surface area is 155 Å². The molecule has 0 aliphatic heterocycles. The van der Waals surface area contributed by atoms with Gasteiger partial charge in [-0.15, -0.1) is 0 Å². The highest BCUT2D eigenvalue weighted by atomic mass is 35.5. The number of methoxy groups -OCH3 is 1. The Balaban J connectivity index is 2.23. The molecular formula is C18H20ClN3O4. The topological polar surface area (TPSA) is 90.3 Å². The first-order valence-electron chi connectivity index (χ1n) is 8.03. The van der Waals surface area contributed by atoms with Crippen molar-refractivity contribution in [1.82, 2.24) is 15.1 Å². The maximum Gasteiger partial charge on any atom is 0.328 e. The molecule has 0 spiro atoms. The number of rotatable bonds is 6. The van der Waals surface area contributed by atoms with Crippen molar-refractivity contribution in [1.29, 1.82) is 0 Å². The standard InChI is InChI=1S/C18H20ClN3O4/c1-11(2)17(18(25)26-3)20-15(23)10-22-16(24)9-8-14(21-22)12-6-4-5-7-13(12)19/h4-9,11,17H,10H2,1-3H3,(H,20,23)/t17-/m1/s1. The van der Waals surface area contributed by atoms with Crippen LogP contribution in [0.25, 0.3) is 11.3 Å². The van der Waals surface area contributed by atoms with E-state index in [-0.39, 0.29) is 12.5 Å². The quantitative estimate of drug-likeness (QED) is 0.776. The van der Waals surface area contributed by atoms with E-state index in [0.717, 1.165) is 4.68 Å². The lowest BCUT2D eigenvalue weighted by molar-refractivity contribution is -0.146. The van der Waals surface area contributed by atoms with Gasteiger partial charge in [-0.1, -0.05) is 43.6 Å². The molecular weight excluding hydrogens is 358 g/mol. The van der Waals surface area contributed by atoms with Crippen molar-refractivity contribution in [3.63, 3.8) is 0 Å². The Morgan fingerprint density at radius 2 is 1.92 bits per heavy atom. The SMILES string of the molecule is COC(=O)[C@H](NC(=O)Cn1nc(-c2ccccc2Cl)ccc1=O)C(C)C. The second-order valence-electron chi connectivity index (χ2n) is 6.01. The first-order chi connectivity index (χ1) is 12.3. The summed E-state index contributed by atoms with van der Waals surface area (Å²) in [5.41, 5.74) is 0.685. The van der Waals surface area contributed by atoms with Crippen LogP contribution in [-0.2, 0) is 20.9 Å². The van der Waals surface area contributed by atoms with Crippen LogP contribution in [0, 0.1) is 5.92 Å². The Bertz CT molecular complexity index is 864. The summed E-state index contributed by atoms with van der Waals surface area (Å²) >= 11 is 6.15. The van der Waals surface area contributed by atoms with Gasteiger partial charge in [-0.25, -0.2) is 9.48 Å². The highest BCUT2D eigenvalue weighted by Gasteiger charge is 2.25. The highest BCUT2D eigenvalue weighted by Crippen LogP contribution is 2.24. The fraction of sp³-hybridized carbons (Fsp3) is 0.333. The maximum atomic E-state index is 12.3. The largest absolute Gasteiger partial charge is 0.467 e. The van der Waals surface area contributed by atoms with E-state index in [1.807, 2.05) is 0 Å². The van der Waals surface area contributed by atoms with E-state index in [9.17, 15) is 14.4 Å². The van der Waals surface area contributed by atoms with Crippen LogP contribution in [0.5, 0.6) is 0 Å². The van der Waals surface area contributed by atoms with E-state index >= 15 is 0 Å². The van der Waals surface area contributed by atoms with E-state index in [2.05, 4.69) is 15.2 Å². The summed E-state index contributed by atoms with van der Waals surface area (Å²) in [6.07, 6.45) is 0. The molecule has 138 valence electrons. The summed E-state index contributed by atoms with van der Waals surface area (Å²) in [6, 6.07) is 9.14. The minimum absolute atomic E-state index is 0.162. The summed E-state index contributed by atoms with van der Waals surface area (Å²) < 4.78 is 5.72. The van der Waals surface area contributed by atoms with Crippen LogP contribution >= 0.6 is 11.6 Å². The van der Waals surface area contributed by atoms with Gasteiger partial charge in [0.05, 0.1) is 17.8 Å². The van der Waals surface area contributed by atoms with Gasteiger partial charge in [-0.05, 0) is 18.1 Å². The summed E-state index contributed by atoms with van der Waals surface area (Å²) in [5, 5.41) is 7.26. The molecule has 1 N–H and O–H groups in total. The minimum Gasteiger partial charge on any atom is -0.467 e. The third-order valence-electron chi connectivity index (χ3n) is 3.75. The van der Waals surface area contributed by atoms with Gasteiger partial charge in [0.1, 0.15) is 12.6 Å². The van der Waals surface area contributed by atoms with Crippen LogP contribution < -0.4 is 10.9 Å². The molecule has 8 heteroatoms. The summed E-state index contributed by atoms with van der Waals surface area (Å²) in [4.78, 5) is 36.0. The van der Waals surface area contributed by atoms with Crippen LogP contribution in [0.3, 0.4) is 0 Å². The molecule has 1 aromatic heterocycles. The van der Waals surface area contributed by atoms with E-state index in [1.54, 1.807) is 44.2 Å². The molecule has 0 bridgehead atoms. The lowest BCUT2D eigenvalue weighted by Gasteiger charge is -2.19. The summed E-state index contributed by atoms with van der Waals surface area (Å²) in [5.74, 6) is -1.22. The molecule has 0 saturated carbocycles. The van der Waals surface area contributed by atoms with Gasteiger partial charge in [0, 0.05) is 11.6 Å². The minimum atomic E-state index is -0.796. The zero-order valence-electron chi connectivity index (χ0n) is 14.7. The van der Waals surface area contributed by atoms with Crippen LogP contribution in [0.2, 0.25) is 5.02 Å². The van der Waals surface area contributed by atoms with Crippen molar-refractivity contribution >= 4 is 23.5 Å². The van der Waals surface area contributed by atoms with Crippen molar-refractivity contribution < 1.29 is 14.3 Å². The monoisotopic (exact) mass is 377 g/mol. The Hall–Kier alpha value is -2.67. The molecule has 1 atom stereocenters. The third-order valence-corrected chi connectivity index (χ3v) is 4.08. The molecule has 2 rings (SSSR count). The normalized spacial score (nSPS) is 11.9. The Kier molecular flexibility index (Phi) is 6.52. The summed E-state index contributed by atoms with van der Waals surface area (Å²) in [6.45, 7) is 3.24. The number of amides is 1. The van der Waals surface area contributed by atoms with Crippen molar-refractivity contribution in [2.45, 2.75) is 26.4 Å². The number of hydrogen-bond donors (Lipinski definition) is 1. The molecule has 1 amide bonds. The van der Waals surface area contributed by atoms with Crippen molar-refractivity contribution in [2.75, 3.05) is 7.11 Å². The second-order valence-corrected chi connectivity index (χ2v) is 6.41. The fourth-order valence-corrected chi connectivity index (χ4v) is 2.59. The number of ether oxygens (including phenoxy) is 1. The second kappa shape index (κ2) is 8.62. The molecule has 0 saturated heterocycles. The smallest absolute Gasteiger partial charge is 0.328 e. The van der Waals surface area contributed by atoms with Gasteiger partial charge in [0.15, 0.2) is 0 Å². The Morgan fingerprint density at radius 3 is 2.54 bits per heavy atom. The van der Waals surface area contributed by atoms with Gasteiger partial charge in [-0.2, -0.15) is 5.10 Å². The maximum absolute atomic E-state index is 12.3. The third kappa shape index (κ3) is 4.70. The van der Waals surface area contributed by atoms with E-state index in [1.165, 1.54) is 13.2 Å². The van der Waals surface area contributed by atoms with Crippen LogP contribution in [0.1, 0.15) is 13.8 Å². The van der Waals surface area contributed by atoms with Gasteiger partial charge in [0.2, 0.25) is 5.91 Å². The van der Waals surface area contributed by atoms with E-state index in [4.69, 9.17) is 11.6 Å². The van der Waals surface area contributed by atoms with Crippen molar-refractivity contribution in [3.8, 4) is 11.3 Å². The van der Waals surface area contributed by atoms with Gasteiger partial charge >= 0.3 is 5.97 Å².